The maximum absolute atomic E-state index is 12.1. The van der Waals surface area contributed by atoms with Crippen LogP contribution < -0.4 is 10.2 Å². The quantitative estimate of drug-likeness (QED) is 0.352. The molecular weight excluding hydrogens is 358 g/mol. The molecular formula is C26H26NO2+. The van der Waals surface area contributed by atoms with Crippen LogP contribution >= 0.6 is 0 Å². The van der Waals surface area contributed by atoms with Crippen LogP contribution in [0.4, 0.5) is 0 Å². The van der Waals surface area contributed by atoms with Gasteiger partial charge in [0.1, 0.15) is 5.58 Å². The van der Waals surface area contributed by atoms with Crippen LogP contribution in [0.5, 0.6) is 0 Å². The van der Waals surface area contributed by atoms with E-state index < -0.39 is 0 Å². The van der Waals surface area contributed by atoms with E-state index in [1.54, 1.807) is 6.07 Å². The highest BCUT2D eigenvalue weighted by Crippen LogP contribution is 2.26. The Balaban J connectivity index is 1.65. The smallest absolute Gasteiger partial charge is 0.336 e. The number of pyridine rings is 1. The Morgan fingerprint density at radius 1 is 0.931 bits per heavy atom. The number of rotatable bonds is 5. The van der Waals surface area contributed by atoms with Crippen molar-refractivity contribution in [1.29, 1.82) is 0 Å². The zero-order chi connectivity index (χ0) is 20.4. The van der Waals surface area contributed by atoms with Gasteiger partial charge in [-0.1, -0.05) is 44.2 Å². The van der Waals surface area contributed by atoms with Crippen LogP contribution in [0.25, 0.3) is 11.0 Å². The van der Waals surface area contributed by atoms with E-state index in [0.29, 0.717) is 18.0 Å². The van der Waals surface area contributed by atoms with E-state index in [1.807, 2.05) is 12.1 Å². The second kappa shape index (κ2) is 8.04. The number of hydrogen-bond acceptors (Lipinski definition) is 2. The number of fused-ring (bicyclic) bond motifs is 1. The molecule has 146 valence electrons. The molecule has 3 heteroatoms. The summed E-state index contributed by atoms with van der Waals surface area (Å²) in [7, 11) is 0. The number of aryl methyl sites for hydroxylation is 1. The summed E-state index contributed by atoms with van der Waals surface area (Å²) in [6.45, 7) is 7.08. The van der Waals surface area contributed by atoms with E-state index in [0.717, 1.165) is 22.9 Å². The predicted molar refractivity (Wildman–Crippen MR) is 116 cm³/mol. The van der Waals surface area contributed by atoms with Crippen LogP contribution in [0.1, 0.15) is 47.6 Å². The van der Waals surface area contributed by atoms with Gasteiger partial charge in [0.15, 0.2) is 18.9 Å². The number of aromatic nitrogens is 1. The van der Waals surface area contributed by atoms with Gasteiger partial charge in [-0.05, 0) is 53.6 Å². The Labute approximate surface area is 171 Å². The zero-order valence-electron chi connectivity index (χ0n) is 17.2. The normalized spacial score (nSPS) is 11.3. The minimum absolute atomic E-state index is 0.300. The van der Waals surface area contributed by atoms with Gasteiger partial charge >= 0.3 is 5.63 Å². The Kier molecular flexibility index (Phi) is 5.30. The van der Waals surface area contributed by atoms with Crippen molar-refractivity contribution in [3.63, 3.8) is 0 Å². The minimum atomic E-state index is -0.300. The molecule has 0 aliphatic heterocycles. The van der Waals surface area contributed by atoms with Crippen molar-refractivity contribution in [2.75, 3.05) is 0 Å². The van der Waals surface area contributed by atoms with Crippen LogP contribution in [-0.2, 0) is 13.0 Å². The fourth-order valence-corrected chi connectivity index (χ4v) is 3.88. The molecule has 4 rings (SSSR count). The van der Waals surface area contributed by atoms with Crippen molar-refractivity contribution >= 4 is 11.0 Å². The molecule has 4 aromatic rings. The third-order valence-corrected chi connectivity index (χ3v) is 5.40. The highest BCUT2D eigenvalue weighted by molar-refractivity contribution is 5.82. The standard InChI is InChI=1S/C26H26NO2/c1-18(2)23-16-24-22(15-26(28)29-25(24)13-19(23)3)17-27-11-9-21(10-12-27)14-20-7-5-4-6-8-20/h4-13,15-16,18H,14,17H2,1-3H3/q+1. The largest absolute Gasteiger partial charge is 0.423 e. The van der Waals surface area contributed by atoms with Crippen molar-refractivity contribution in [2.45, 2.75) is 39.7 Å². The van der Waals surface area contributed by atoms with Gasteiger partial charge < -0.3 is 4.42 Å². The molecule has 0 saturated heterocycles. The molecule has 2 aromatic carbocycles. The molecule has 0 unspecified atom stereocenters. The Morgan fingerprint density at radius 3 is 2.31 bits per heavy atom. The van der Waals surface area contributed by atoms with Crippen molar-refractivity contribution in [2.24, 2.45) is 0 Å². The van der Waals surface area contributed by atoms with Gasteiger partial charge in [-0.15, -0.1) is 0 Å². The average Bonchev–Trinajstić information content (AvgIpc) is 2.69. The van der Waals surface area contributed by atoms with Crippen LogP contribution in [0.15, 0.2) is 82.3 Å². The number of hydrogen-bond donors (Lipinski definition) is 0. The minimum Gasteiger partial charge on any atom is -0.423 e. The first kappa shape index (κ1) is 19.1. The van der Waals surface area contributed by atoms with E-state index in [9.17, 15) is 4.79 Å². The summed E-state index contributed by atoms with van der Waals surface area (Å²) >= 11 is 0. The lowest BCUT2D eigenvalue weighted by molar-refractivity contribution is -0.688. The number of nitrogens with zero attached hydrogens (tertiary/aromatic N) is 1. The van der Waals surface area contributed by atoms with Crippen LogP contribution in [0.2, 0.25) is 0 Å². The first-order valence-electron chi connectivity index (χ1n) is 10.1. The fourth-order valence-electron chi connectivity index (χ4n) is 3.88. The maximum atomic E-state index is 12.1. The molecule has 3 nitrogen and oxygen atoms in total. The lowest BCUT2D eigenvalue weighted by Gasteiger charge is -2.12. The predicted octanol–water partition coefficient (Wildman–Crippen LogP) is 5.15. The summed E-state index contributed by atoms with van der Waals surface area (Å²) < 4.78 is 7.59. The first-order valence-corrected chi connectivity index (χ1v) is 10.1. The topological polar surface area (TPSA) is 34.1 Å². The van der Waals surface area contributed by atoms with Crippen LogP contribution in [0.3, 0.4) is 0 Å². The molecule has 0 spiro atoms. The summed E-state index contributed by atoms with van der Waals surface area (Å²) in [6, 6.07) is 20.5. The van der Waals surface area contributed by atoms with E-state index in [1.165, 1.54) is 16.7 Å². The van der Waals surface area contributed by atoms with E-state index in [4.69, 9.17) is 4.42 Å². The number of benzene rings is 2. The third kappa shape index (κ3) is 4.29. The summed E-state index contributed by atoms with van der Waals surface area (Å²) in [6.07, 6.45) is 5.07. The monoisotopic (exact) mass is 384 g/mol. The molecule has 0 radical (unpaired) electrons. The SMILES string of the molecule is Cc1cc2oc(=O)cc(C[n+]3ccc(Cc4ccccc4)cc3)c2cc1C(C)C. The van der Waals surface area contributed by atoms with E-state index in [-0.39, 0.29) is 5.63 Å². The lowest BCUT2D eigenvalue weighted by atomic mass is 9.95. The van der Waals surface area contributed by atoms with E-state index in [2.05, 4.69) is 80.2 Å². The Morgan fingerprint density at radius 2 is 1.62 bits per heavy atom. The molecule has 2 aromatic heterocycles. The summed E-state index contributed by atoms with van der Waals surface area (Å²) in [5, 5.41) is 1.01. The molecule has 0 amide bonds. The van der Waals surface area contributed by atoms with Gasteiger partial charge in [0.05, 0.1) is 0 Å². The second-order valence-corrected chi connectivity index (χ2v) is 7.99. The molecule has 0 fully saturated rings. The molecule has 0 saturated carbocycles. The lowest BCUT2D eigenvalue weighted by Crippen LogP contribution is -2.33. The van der Waals surface area contributed by atoms with Gasteiger partial charge in [-0.25, -0.2) is 9.36 Å². The van der Waals surface area contributed by atoms with Crippen LogP contribution in [-0.4, -0.2) is 0 Å². The van der Waals surface area contributed by atoms with Gasteiger partial charge in [0.2, 0.25) is 0 Å². The molecule has 29 heavy (non-hydrogen) atoms. The van der Waals surface area contributed by atoms with Crippen molar-refractivity contribution in [1.82, 2.24) is 0 Å². The zero-order valence-corrected chi connectivity index (χ0v) is 17.2. The van der Waals surface area contributed by atoms with Gasteiger partial charge in [-0.3, -0.25) is 0 Å². The van der Waals surface area contributed by atoms with Crippen LogP contribution in [0, 0.1) is 6.92 Å². The van der Waals surface area contributed by atoms with Gasteiger partial charge in [0.25, 0.3) is 0 Å². The van der Waals surface area contributed by atoms with Crippen molar-refractivity contribution in [3.8, 4) is 0 Å². The molecule has 0 bridgehead atoms. The van der Waals surface area contributed by atoms with Crippen molar-refractivity contribution in [3.05, 3.63) is 111 Å². The Hall–Kier alpha value is -3.20. The third-order valence-electron chi connectivity index (χ3n) is 5.40. The molecule has 2 heterocycles. The highest BCUT2D eigenvalue weighted by Gasteiger charge is 2.14. The second-order valence-electron chi connectivity index (χ2n) is 7.99. The maximum Gasteiger partial charge on any atom is 0.336 e. The van der Waals surface area contributed by atoms with Gasteiger partial charge in [-0.2, -0.15) is 0 Å². The highest BCUT2D eigenvalue weighted by atomic mass is 16.4. The summed E-state index contributed by atoms with van der Waals surface area (Å²) in [5.74, 6) is 0.420. The fraction of sp³-hybridized carbons (Fsp3) is 0.231. The van der Waals surface area contributed by atoms with E-state index >= 15 is 0 Å². The molecule has 0 aliphatic rings. The molecule has 0 N–H and O–H groups in total. The van der Waals surface area contributed by atoms with Gasteiger partial charge in [0, 0.05) is 29.1 Å². The summed E-state index contributed by atoms with van der Waals surface area (Å²) in [4.78, 5) is 12.1. The molecule has 0 atom stereocenters. The van der Waals surface area contributed by atoms with Crippen molar-refractivity contribution < 1.29 is 8.98 Å². The first-order chi connectivity index (χ1) is 14.0. The average molecular weight is 384 g/mol. The molecule has 0 aliphatic carbocycles. The Bertz CT molecular complexity index is 1190. The summed E-state index contributed by atoms with van der Waals surface area (Å²) in [5.41, 5.74) is 6.36.